The van der Waals surface area contributed by atoms with Crippen LogP contribution < -0.4 is 10.1 Å². The summed E-state index contributed by atoms with van der Waals surface area (Å²) in [6.07, 6.45) is 2.88. The molecule has 1 unspecified atom stereocenters. The van der Waals surface area contributed by atoms with Gasteiger partial charge in [0, 0.05) is 18.7 Å². The lowest BCUT2D eigenvalue weighted by Gasteiger charge is -2.24. The smallest absolute Gasteiger partial charge is 0.126 e. The molecule has 0 bridgehead atoms. The second-order valence-corrected chi connectivity index (χ2v) is 4.86. The Hall–Kier alpha value is -1.13. The van der Waals surface area contributed by atoms with Crippen LogP contribution in [0.15, 0.2) is 12.1 Å². The van der Waals surface area contributed by atoms with Crippen molar-refractivity contribution in [3.63, 3.8) is 0 Å². The highest BCUT2D eigenvalue weighted by molar-refractivity contribution is 5.43. The molecule has 98 valence electrons. The summed E-state index contributed by atoms with van der Waals surface area (Å²) in [6, 6.07) is 3.26. The molecule has 4 heteroatoms. The van der Waals surface area contributed by atoms with E-state index in [-0.39, 0.29) is 11.9 Å². The minimum Gasteiger partial charge on any atom is -0.491 e. The molecule has 18 heavy (non-hydrogen) atoms. The number of morpholine rings is 1. The lowest BCUT2D eigenvalue weighted by Crippen LogP contribution is -2.41. The molecule has 2 aliphatic rings. The molecule has 0 spiro atoms. The standard InChI is InChI=1S/C14H18FNO2/c15-13-4-5-14(12-3-1-2-11(12)13)18-9-10-8-16-6-7-17-10/h4-5,10,16H,1-3,6-9H2. The minimum absolute atomic E-state index is 0.0922. The molecule has 1 fully saturated rings. The lowest BCUT2D eigenvalue weighted by molar-refractivity contribution is 0.0000137. The number of benzene rings is 1. The number of hydrogen-bond donors (Lipinski definition) is 1. The molecule has 1 aliphatic heterocycles. The number of fused-ring (bicyclic) bond motifs is 1. The van der Waals surface area contributed by atoms with Crippen molar-refractivity contribution in [3.05, 3.63) is 29.1 Å². The predicted molar refractivity (Wildman–Crippen MR) is 66.5 cm³/mol. The Bertz CT molecular complexity index is 430. The van der Waals surface area contributed by atoms with E-state index < -0.39 is 0 Å². The Morgan fingerprint density at radius 1 is 1.33 bits per heavy atom. The van der Waals surface area contributed by atoms with E-state index in [1.165, 1.54) is 6.07 Å². The maximum atomic E-state index is 13.6. The van der Waals surface area contributed by atoms with E-state index in [1.807, 2.05) is 0 Å². The zero-order valence-electron chi connectivity index (χ0n) is 10.4. The van der Waals surface area contributed by atoms with E-state index in [2.05, 4.69) is 5.32 Å². The van der Waals surface area contributed by atoms with Gasteiger partial charge in [-0.15, -0.1) is 0 Å². The number of rotatable bonds is 3. The van der Waals surface area contributed by atoms with Crippen LogP contribution in [0, 0.1) is 5.82 Å². The summed E-state index contributed by atoms with van der Waals surface area (Å²) in [6.45, 7) is 2.99. The average Bonchev–Trinajstić information content (AvgIpc) is 2.90. The molecule has 1 aromatic carbocycles. The fraction of sp³-hybridized carbons (Fsp3) is 0.571. The average molecular weight is 251 g/mol. The van der Waals surface area contributed by atoms with Gasteiger partial charge in [-0.05, 0) is 37.0 Å². The van der Waals surface area contributed by atoms with Crippen LogP contribution in [0.1, 0.15) is 17.5 Å². The highest BCUT2D eigenvalue weighted by Crippen LogP contribution is 2.32. The van der Waals surface area contributed by atoms with E-state index in [0.717, 1.165) is 55.8 Å². The number of ether oxygens (including phenoxy) is 2. The molecule has 1 heterocycles. The lowest BCUT2D eigenvalue weighted by atomic mass is 10.1. The van der Waals surface area contributed by atoms with Crippen LogP contribution in [-0.4, -0.2) is 32.4 Å². The quantitative estimate of drug-likeness (QED) is 0.886. The first-order valence-corrected chi connectivity index (χ1v) is 6.60. The fourth-order valence-corrected chi connectivity index (χ4v) is 2.67. The van der Waals surface area contributed by atoms with Crippen molar-refractivity contribution in [2.24, 2.45) is 0 Å². The zero-order chi connectivity index (χ0) is 12.4. The molecule has 0 amide bonds. The monoisotopic (exact) mass is 251 g/mol. The summed E-state index contributed by atoms with van der Waals surface area (Å²) in [7, 11) is 0. The third kappa shape index (κ3) is 2.35. The van der Waals surface area contributed by atoms with Crippen LogP contribution in [0.2, 0.25) is 0 Å². The van der Waals surface area contributed by atoms with Crippen molar-refractivity contribution in [1.82, 2.24) is 5.32 Å². The number of hydrogen-bond acceptors (Lipinski definition) is 3. The van der Waals surface area contributed by atoms with E-state index in [1.54, 1.807) is 6.07 Å². The Morgan fingerprint density at radius 3 is 3.06 bits per heavy atom. The number of halogens is 1. The first kappa shape index (κ1) is 11.9. The third-order valence-electron chi connectivity index (χ3n) is 3.61. The summed E-state index contributed by atoms with van der Waals surface area (Å²) in [5.41, 5.74) is 1.90. The van der Waals surface area contributed by atoms with Gasteiger partial charge in [0.05, 0.1) is 6.61 Å². The van der Waals surface area contributed by atoms with Crippen LogP contribution in [0.25, 0.3) is 0 Å². The second-order valence-electron chi connectivity index (χ2n) is 4.86. The summed E-state index contributed by atoms with van der Waals surface area (Å²) < 4.78 is 25.0. The molecule has 3 rings (SSSR count). The zero-order valence-corrected chi connectivity index (χ0v) is 10.4. The van der Waals surface area contributed by atoms with E-state index >= 15 is 0 Å². The van der Waals surface area contributed by atoms with Gasteiger partial charge >= 0.3 is 0 Å². The Morgan fingerprint density at radius 2 is 2.22 bits per heavy atom. The largest absolute Gasteiger partial charge is 0.491 e. The van der Waals surface area contributed by atoms with Crippen molar-refractivity contribution in [2.45, 2.75) is 25.4 Å². The van der Waals surface area contributed by atoms with Gasteiger partial charge in [-0.25, -0.2) is 4.39 Å². The fourth-order valence-electron chi connectivity index (χ4n) is 2.67. The molecular formula is C14H18FNO2. The summed E-state index contributed by atoms with van der Waals surface area (Å²) in [4.78, 5) is 0. The summed E-state index contributed by atoms with van der Waals surface area (Å²) in [5, 5.41) is 3.27. The van der Waals surface area contributed by atoms with Crippen molar-refractivity contribution >= 4 is 0 Å². The van der Waals surface area contributed by atoms with Gasteiger partial charge in [-0.2, -0.15) is 0 Å². The van der Waals surface area contributed by atoms with Crippen LogP contribution in [0.4, 0.5) is 4.39 Å². The van der Waals surface area contributed by atoms with E-state index in [4.69, 9.17) is 9.47 Å². The molecule has 3 nitrogen and oxygen atoms in total. The highest BCUT2D eigenvalue weighted by atomic mass is 19.1. The van der Waals surface area contributed by atoms with Crippen LogP contribution >= 0.6 is 0 Å². The first-order valence-electron chi connectivity index (χ1n) is 6.60. The van der Waals surface area contributed by atoms with Gasteiger partial charge in [-0.3, -0.25) is 0 Å². The molecule has 1 aromatic rings. The van der Waals surface area contributed by atoms with Crippen LogP contribution in [0.3, 0.4) is 0 Å². The highest BCUT2D eigenvalue weighted by Gasteiger charge is 2.21. The Kier molecular flexibility index (Phi) is 3.48. The predicted octanol–water partition coefficient (Wildman–Crippen LogP) is 1.68. The first-order chi connectivity index (χ1) is 8.84. The molecule has 1 atom stereocenters. The van der Waals surface area contributed by atoms with Crippen LogP contribution in [0.5, 0.6) is 5.75 Å². The Balaban J connectivity index is 1.67. The van der Waals surface area contributed by atoms with Crippen molar-refractivity contribution in [2.75, 3.05) is 26.3 Å². The maximum Gasteiger partial charge on any atom is 0.126 e. The van der Waals surface area contributed by atoms with Crippen molar-refractivity contribution in [1.29, 1.82) is 0 Å². The maximum absolute atomic E-state index is 13.6. The topological polar surface area (TPSA) is 30.5 Å². The van der Waals surface area contributed by atoms with Gasteiger partial charge in [0.15, 0.2) is 0 Å². The molecule has 0 saturated carbocycles. The van der Waals surface area contributed by atoms with Gasteiger partial charge in [0.25, 0.3) is 0 Å². The van der Waals surface area contributed by atoms with Crippen molar-refractivity contribution < 1.29 is 13.9 Å². The SMILES string of the molecule is Fc1ccc(OCC2CNCCO2)c2c1CCC2. The Labute approximate surface area is 106 Å². The number of nitrogens with one attached hydrogen (secondary N) is 1. The summed E-state index contributed by atoms with van der Waals surface area (Å²) >= 11 is 0. The summed E-state index contributed by atoms with van der Waals surface area (Å²) in [5.74, 6) is 0.739. The molecule has 0 radical (unpaired) electrons. The van der Waals surface area contributed by atoms with Crippen molar-refractivity contribution in [3.8, 4) is 5.75 Å². The molecule has 1 saturated heterocycles. The third-order valence-corrected chi connectivity index (χ3v) is 3.61. The van der Waals surface area contributed by atoms with E-state index in [0.29, 0.717) is 6.61 Å². The molecule has 1 N–H and O–H groups in total. The molecular weight excluding hydrogens is 233 g/mol. The van der Waals surface area contributed by atoms with Gasteiger partial charge in [0.1, 0.15) is 24.3 Å². The minimum atomic E-state index is -0.0922. The van der Waals surface area contributed by atoms with Crippen LogP contribution in [-0.2, 0) is 17.6 Å². The van der Waals surface area contributed by atoms with Gasteiger partial charge < -0.3 is 14.8 Å². The normalized spacial score (nSPS) is 22.8. The van der Waals surface area contributed by atoms with Gasteiger partial charge in [0.2, 0.25) is 0 Å². The van der Waals surface area contributed by atoms with E-state index in [9.17, 15) is 4.39 Å². The molecule has 0 aromatic heterocycles. The molecule has 1 aliphatic carbocycles. The van der Waals surface area contributed by atoms with Gasteiger partial charge in [-0.1, -0.05) is 0 Å². The second kappa shape index (κ2) is 5.24.